The molecular weight excluding hydrogens is 389 g/mol. The summed E-state index contributed by atoms with van der Waals surface area (Å²) in [5.41, 5.74) is 0.866. The Kier molecular flexibility index (Phi) is 4.66. The molecule has 140 valence electrons. The lowest BCUT2D eigenvalue weighted by Crippen LogP contribution is -2.14. The van der Waals surface area contributed by atoms with Crippen LogP contribution in [-0.2, 0) is 0 Å². The maximum absolute atomic E-state index is 13.4. The van der Waals surface area contributed by atoms with Crippen LogP contribution in [0.15, 0.2) is 54.7 Å². The minimum absolute atomic E-state index is 0.186. The second-order valence-electron chi connectivity index (χ2n) is 5.74. The standard InChI is InChI=1S/C19H11F3N4OS/c20-10-3-1-4-11(7-10)24-17-12(5-2-6-23-17)18(27)26-19-25-15-8-13(21)14(22)9-16(15)28-19/h1-9H,(H,23,24)(H,25,26,27). The Morgan fingerprint density at radius 1 is 1.00 bits per heavy atom. The fourth-order valence-corrected chi connectivity index (χ4v) is 3.40. The number of nitrogens with zero attached hydrogens (tertiary/aromatic N) is 2. The molecule has 4 rings (SSSR count). The SMILES string of the molecule is O=C(Nc1nc2cc(F)c(F)cc2s1)c1cccnc1Nc1cccc(F)c1. The number of pyridine rings is 1. The normalized spacial score (nSPS) is 10.8. The average Bonchev–Trinajstić information content (AvgIpc) is 3.03. The predicted molar refractivity (Wildman–Crippen MR) is 101 cm³/mol. The highest BCUT2D eigenvalue weighted by Gasteiger charge is 2.16. The molecule has 0 bridgehead atoms. The van der Waals surface area contributed by atoms with E-state index in [1.807, 2.05) is 0 Å². The highest BCUT2D eigenvalue weighted by atomic mass is 32.1. The number of hydrogen-bond donors (Lipinski definition) is 2. The smallest absolute Gasteiger partial charge is 0.261 e. The van der Waals surface area contributed by atoms with Crippen molar-refractivity contribution in [3.05, 3.63) is 77.7 Å². The lowest BCUT2D eigenvalue weighted by atomic mass is 10.2. The van der Waals surface area contributed by atoms with Gasteiger partial charge in [0.1, 0.15) is 11.6 Å². The molecule has 0 atom stereocenters. The van der Waals surface area contributed by atoms with Crippen LogP contribution >= 0.6 is 11.3 Å². The number of carbonyl (C=O) groups excluding carboxylic acids is 1. The number of thiazole rings is 1. The first-order chi connectivity index (χ1) is 13.5. The van der Waals surface area contributed by atoms with Crippen LogP contribution in [0.25, 0.3) is 10.2 Å². The van der Waals surface area contributed by atoms with E-state index in [9.17, 15) is 18.0 Å². The van der Waals surface area contributed by atoms with Crippen molar-refractivity contribution in [1.29, 1.82) is 0 Å². The summed E-state index contributed by atoms with van der Waals surface area (Å²) >= 11 is 1.01. The van der Waals surface area contributed by atoms with E-state index in [0.717, 1.165) is 23.5 Å². The number of aromatic nitrogens is 2. The van der Waals surface area contributed by atoms with E-state index < -0.39 is 23.4 Å². The van der Waals surface area contributed by atoms with E-state index in [4.69, 9.17) is 0 Å². The zero-order chi connectivity index (χ0) is 19.7. The van der Waals surface area contributed by atoms with E-state index in [1.54, 1.807) is 12.1 Å². The highest BCUT2D eigenvalue weighted by molar-refractivity contribution is 7.22. The molecule has 2 aromatic carbocycles. The summed E-state index contributed by atoms with van der Waals surface area (Å²) in [5, 5.41) is 5.67. The van der Waals surface area contributed by atoms with Gasteiger partial charge in [-0.1, -0.05) is 17.4 Å². The minimum Gasteiger partial charge on any atom is -0.339 e. The van der Waals surface area contributed by atoms with Crippen molar-refractivity contribution in [3.8, 4) is 0 Å². The third-order valence-electron chi connectivity index (χ3n) is 3.79. The Morgan fingerprint density at radius 2 is 1.82 bits per heavy atom. The van der Waals surface area contributed by atoms with Gasteiger partial charge < -0.3 is 5.32 Å². The maximum Gasteiger partial charge on any atom is 0.261 e. The molecule has 2 N–H and O–H groups in total. The topological polar surface area (TPSA) is 66.9 Å². The number of benzene rings is 2. The van der Waals surface area contributed by atoms with Crippen LogP contribution in [0.5, 0.6) is 0 Å². The van der Waals surface area contributed by atoms with Gasteiger partial charge in [0.2, 0.25) is 0 Å². The van der Waals surface area contributed by atoms with Gasteiger partial charge in [-0.3, -0.25) is 10.1 Å². The van der Waals surface area contributed by atoms with Crippen LogP contribution in [0, 0.1) is 17.5 Å². The van der Waals surface area contributed by atoms with Crippen LogP contribution in [0.2, 0.25) is 0 Å². The van der Waals surface area contributed by atoms with Crippen LogP contribution in [0.4, 0.5) is 29.8 Å². The summed E-state index contributed by atoms with van der Waals surface area (Å²) in [6.07, 6.45) is 1.49. The molecule has 0 aliphatic rings. The van der Waals surface area contributed by atoms with Crippen LogP contribution < -0.4 is 10.6 Å². The van der Waals surface area contributed by atoms with Gasteiger partial charge in [-0.2, -0.15) is 0 Å². The molecule has 0 fully saturated rings. The number of anilines is 3. The monoisotopic (exact) mass is 400 g/mol. The first-order valence-corrected chi connectivity index (χ1v) is 8.86. The van der Waals surface area contributed by atoms with Gasteiger partial charge in [-0.15, -0.1) is 0 Å². The summed E-state index contributed by atoms with van der Waals surface area (Å²) in [7, 11) is 0. The second-order valence-corrected chi connectivity index (χ2v) is 6.77. The Bertz CT molecular complexity index is 1160. The van der Waals surface area contributed by atoms with Crippen LogP contribution in [0.3, 0.4) is 0 Å². The molecule has 2 heterocycles. The van der Waals surface area contributed by atoms with E-state index in [2.05, 4.69) is 20.6 Å². The predicted octanol–water partition coefficient (Wildman–Crippen LogP) is 5.10. The van der Waals surface area contributed by atoms with Gasteiger partial charge in [0.15, 0.2) is 16.8 Å². The Morgan fingerprint density at radius 3 is 2.64 bits per heavy atom. The van der Waals surface area contributed by atoms with Gasteiger partial charge in [-0.05, 0) is 36.4 Å². The van der Waals surface area contributed by atoms with Gasteiger partial charge >= 0.3 is 0 Å². The van der Waals surface area contributed by atoms with E-state index in [-0.39, 0.29) is 22.0 Å². The molecule has 2 aromatic heterocycles. The van der Waals surface area contributed by atoms with Crippen molar-refractivity contribution in [2.45, 2.75) is 0 Å². The lowest BCUT2D eigenvalue weighted by molar-refractivity contribution is 0.102. The van der Waals surface area contributed by atoms with Crippen LogP contribution in [0.1, 0.15) is 10.4 Å². The maximum atomic E-state index is 13.4. The van der Waals surface area contributed by atoms with Crippen LogP contribution in [-0.4, -0.2) is 15.9 Å². The first-order valence-electron chi connectivity index (χ1n) is 8.04. The second kappa shape index (κ2) is 7.28. The van der Waals surface area contributed by atoms with Crippen molar-refractivity contribution >= 4 is 44.1 Å². The molecule has 0 saturated heterocycles. The Hall–Kier alpha value is -3.46. The quantitative estimate of drug-likeness (QED) is 0.500. The number of fused-ring (bicyclic) bond motifs is 1. The van der Waals surface area contributed by atoms with E-state index >= 15 is 0 Å². The summed E-state index contributed by atoms with van der Waals surface area (Å²) < 4.78 is 40.5. The number of rotatable bonds is 4. The van der Waals surface area contributed by atoms with Crippen molar-refractivity contribution in [1.82, 2.24) is 9.97 Å². The molecule has 5 nitrogen and oxygen atoms in total. The third-order valence-corrected chi connectivity index (χ3v) is 4.72. The lowest BCUT2D eigenvalue weighted by Gasteiger charge is -2.10. The van der Waals surface area contributed by atoms with Crippen molar-refractivity contribution in [2.24, 2.45) is 0 Å². The fourth-order valence-electron chi connectivity index (χ4n) is 2.53. The molecule has 4 aromatic rings. The molecule has 1 amide bonds. The molecule has 0 aliphatic heterocycles. The Labute approximate surface area is 160 Å². The number of halogens is 3. The molecule has 0 saturated carbocycles. The number of hydrogen-bond acceptors (Lipinski definition) is 5. The molecule has 0 aliphatic carbocycles. The average molecular weight is 400 g/mol. The van der Waals surface area contributed by atoms with Crippen molar-refractivity contribution in [3.63, 3.8) is 0 Å². The minimum atomic E-state index is -1.01. The summed E-state index contributed by atoms with van der Waals surface area (Å²) in [6, 6.07) is 10.8. The molecule has 28 heavy (non-hydrogen) atoms. The van der Waals surface area contributed by atoms with Gasteiger partial charge in [0, 0.05) is 18.0 Å². The fraction of sp³-hybridized carbons (Fsp3) is 0. The number of amides is 1. The first kappa shape index (κ1) is 17.9. The molecule has 9 heteroatoms. The molecule has 0 unspecified atom stereocenters. The summed E-state index contributed by atoms with van der Waals surface area (Å²) in [4.78, 5) is 20.9. The van der Waals surface area contributed by atoms with Crippen molar-refractivity contribution in [2.75, 3.05) is 10.6 Å². The van der Waals surface area contributed by atoms with E-state index in [1.165, 1.54) is 30.5 Å². The van der Waals surface area contributed by atoms with E-state index in [0.29, 0.717) is 10.4 Å². The highest BCUT2D eigenvalue weighted by Crippen LogP contribution is 2.28. The van der Waals surface area contributed by atoms with Crippen molar-refractivity contribution < 1.29 is 18.0 Å². The third kappa shape index (κ3) is 3.65. The zero-order valence-electron chi connectivity index (χ0n) is 14.0. The summed E-state index contributed by atoms with van der Waals surface area (Å²) in [5.74, 6) is -2.72. The van der Waals surface area contributed by atoms with Gasteiger partial charge in [0.25, 0.3) is 5.91 Å². The zero-order valence-corrected chi connectivity index (χ0v) is 14.9. The molecule has 0 spiro atoms. The Balaban J connectivity index is 1.60. The van der Waals surface area contributed by atoms with Gasteiger partial charge in [0.05, 0.1) is 15.8 Å². The number of carbonyl (C=O) groups is 1. The molecular formula is C19H11F3N4OS. The number of nitrogens with one attached hydrogen (secondary N) is 2. The molecule has 0 radical (unpaired) electrons. The largest absolute Gasteiger partial charge is 0.339 e. The summed E-state index contributed by atoms with van der Waals surface area (Å²) in [6.45, 7) is 0. The van der Waals surface area contributed by atoms with Gasteiger partial charge in [-0.25, -0.2) is 23.1 Å².